The number of carboxylic acids is 1. The van der Waals surface area contributed by atoms with Crippen molar-refractivity contribution >= 4 is 22.8 Å². The molecule has 0 fully saturated rings. The first-order chi connectivity index (χ1) is 17.3. The SMILES string of the molecule is CC(C)Cc1ccc(C(C)Oc2cccc(C(=O)n3cc(CCCC(=O)O)c4ccccc43)c2)cc1. The van der Waals surface area contributed by atoms with Gasteiger partial charge in [0.1, 0.15) is 11.9 Å². The Morgan fingerprint density at radius 2 is 1.69 bits per heavy atom. The van der Waals surface area contributed by atoms with Crippen LogP contribution in [0.5, 0.6) is 5.75 Å². The molecule has 1 N–H and O–H groups in total. The van der Waals surface area contributed by atoms with E-state index in [1.807, 2.05) is 49.5 Å². The molecule has 1 aromatic heterocycles. The zero-order chi connectivity index (χ0) is 25.7. The number of aryl methyl sites for hydroxylation is 1. The third kappa shape index (κ3) is 6.03. The maximum Gasteiger partial charge on any atom is 0.303 e. The highest BCUT2D eigenvalue weighted by molar-refractivity contribution is 6.03. The van der Waals surface area contributed by atoms with E-state index in [4.69, 9.17) is 9.84 Å². The van der Waals surface area contributed by atoms with Crippen LogP contribution in [-0.4, -0.2) is 21.6 Å². The predicted molar refractivity (Wildman–Crippen MR) is 143 cm³/mol. The van der Waals surface area contributed by atoms with Gasteiger partial charge >= 0.3 is 5.97 Å². The molecule has 1 heterocycles. The molecule has 0 bridgehead atoms. The van der Waals surface area contributed by atoms with Gasteiger partial charge in [0.15, 0.2) is 0 Å². The number of carboxylic acid groups (broad SMARTS) is 1. The summed E-state index contributed by atoms with van der Waals surface area (Å²) >= 11 is 0. The summed E-state index contributed by atoms with van der Waals surface area (Å²) in [6, 6.07) is 23.5. The van der Waals surface area contributed by atoms with Gasteiger partial charge in [-0.3, -0.25) is 14.2 Å². The van der Waals surface area contributed by atoms with Crippen molar-refractivity contribution in [3.8, 4) is 5.75 Å². The number of aliphatic carboxylic acids is 1. The van der Waals surface area contributed by atoms with Crippen LogP contribution in [0.25, 0.3) is 10.9 Å². The third-order valence-electron chi connectivity index (χ3n) is 6.34. The highest BCUT2D eigenvalue weighted by Gasteiger charge is 2.17. The van der Waals surface area contributed by atoms with E-state index < -0.39 is 5.97 Å². The molecule has 5 heteroatoms. The van der Waals surface area contributed by atoms with E-state index in [0.29, 0.717) is 30.1 Å². The Kier molecular flexibility index (Phi) is 7.89. The lowest BCUT2D eigenvalue weighted by atomic mass is 10.0. The first kappa shape index (κ1) is 25.2. The minimum Gasteiger partial charge on any atom is -0.486 e. The normalized spacial score (nSPS) is 12.1. The molecular weight excluding hydrogens is 450 g/mol. The Bertz CT molecular complexity index is 1350. The number of nitrogens with zero attached hydrogens (tertiary/aromatic N) is 1. The topological polar surface area (TPSA) is 68.5 Å². The number of hydrogen-bond acceptors (Lipinski definition) is 3. The number of carbonyl (C=O) groups is 2. The molecule has 0 saturated carbocycles. The molecule has 1 unspecified atom stereocenters. The van der Waals surface area contributed by atoms with E-state index in [9.17, 15) is 9.59 Å². The second-order valence-corrected chi connectivity index (χ2v) is 9.72. The molecule has 0 aliphatic heterocycles. The molecule has 0 aliphatic rings. The molecule has 1 atom stereocenters. The van der Waals surface area contributed by atoms with Crippen molar-refractivity contribution in [2.75, 3.05) is 0 Å². The Morgan fingerprint density at radius 1 is 0.944 bits per heavy atom. The minimum atomic E-state index is -0.813. The molecule has 0 spiro atoms. The van der Waals surface area contributed by atoms with E-state index in [2.05, 4.69) is 38.1 Å². The van der Waals surface area contributed by atoms with E-state index in [-0.39, 0.29) is 18.4 Å². The number of aromatic nitrogens is 1. The van der Waals surface area contributed by atoms with Crippen molar-refractivity contribution in [2.45, 2.75) is 52.6 Å². The van der Waals surface area contributed by atoms with Gasteiger partial charge in [0.2, 0.25) is 0 Å². The molecule has 5 nitrogen and oxygen atoms in total. The van der Waals surface area contributed by atoms with Crippen molar-refractivity contribution in [3.63, 3.8) is 0 Å². The van der Waals surface area contributed by atoms with Gasteiger partial charge in [0.25, 0.3) is 5.91 Å². The van der Waals surface area contributed by atoms with Crippen LogP contribution in [0.2, 0.25) is 0 Å². The number of hydrogen-bond donors (Lipinski definition) is 1. The molecular formula is C31H33NO4. The van der Waals surface area contributed by atoms with Crippen LogP contribution in [0.3, 0.4) is 0 Å². The Balaban J connectivity index is 1.53. The van der Waals surface area contributed by atoms with Crippen molar-refractivity contribution in [1.82, 2.24) is 4.57 Å². The molecule has 0 saturated heterocycles. The fraction of sp³-hybridized carbons (Fsp3) is 0.290. The van der Waals surface area contributed by atoms with Gasteiger partial charge in [0, 0.05) is 23.6 Å². The highest BCUT2D eigenvalue weighted by atomic mass is 16.5. The summed E-state index contributed by atoms with van der Waals surface area (Å²) in [7, 11) is 0. The van der Waals surface area contributed by atoms with Gasteiger partial charge in [-0.25, -0.2) is 0 Å². The predicted octanol–water partition coefficient (Wildman–Crippen LogP) is 7.08. The second kappa shape index (κ2) is 11.3. The molecule has 0 amide bonds. The summed E-state index contributed by atoms with van der Waals surface area (Å²) in [4.78, 5) is 24.4. The average molecular weight is 484 g/mol. The van der Waals surface area contributed by atoms with Crippen LogP contribution < -0.4 is 4.74 Å². The van der Waals surface area contributed by atoms with Gasteiger partial charge in [-0.05, 0) is 73.1 Å². The van der Waals surface area contributed by atoms with E-state index in [1.165, 1.54) is 5.56 Å². The summed E-state index contributed by atoms with van der Waals surface area (Å²) in [5.74, 6) is 0.292. The van der Waals surface area contributed by atoms with E-state index in [1.54, 1.807) is 16.7 Å². The van der Waals surface area contributed by atoms with Crippen LogP contribution in [0.1, 0.15) is 66.8 Å². The monoisotopic (exact) mass is 483 g/mol. The first-order valence-electron chi connectivity index (χ1n) is 12.5. The smallest absolute Gasteiger partial charge is 0.303 e. The maximum atomic E-state index is 13.5. The fourth-order valence-corrected chi connectivity index (χ4v) is 4.56. The quantitative estimate of drug-likeness (QED) is 0.262. The minimum absolute atomic E-state index is 0.103. The van der Waals surface area contributed by atoms with Crippen molar-refractivity contribution in [2.24, 2.45) is 5.92 Å². The lowest BCUT2D eigenvalue weighted by Gasteiger charge is -2.16. The van der Waals surface area contributed by atoms with Gasteiger partial charge in [-0.15, -0.1) is 0 Å². The zero-order valence-corrected chi connectivity index (χ0v) is 21.1. The summed E-state index contributed by atoms with van der Waals surface area (Å²) in [6.07, 6.45) is 3.96. The molecule has 186 valence electrons. The Hall–Kier alpha value is -3.86. The van der Waals surface area contributed by atoms with Gasteiger partial charge < -0.3 is 9.84 Å². The molecule has 36 heavy (non-hydrogen) atoms. The van der Waals surface area contributed by atoms with Gasteiger partial charge in [-0.1, -0.05) is 62.4 Å². The number of rotatable bonds is 10. The van der Waals surface area contributed by atoms with E-state index >= 15 is 0 Å². The molecule has 0 radical (unpaired) electrons. The molecule has 3 aromatic carbocycles. The van der Waals surface area contributed by atoms with Crippen molar-refractivity contribution in [1.29, 1.82) is 0 Å². The molecule has 4 rings (SSSR count). The van der Waals surface area contributed by atoms with Gasteiger partial charge in [0.05, 0.1) is 5.52 Å². The summed E-state index contributed by atoms with van der Waals surface area (Å²) in [5, 5.41) is 9.95. The van der Waals surface area contributed by atoms with Crippen LogP contribution >= 0.6 is 0 Å². The lowest BCUT2D eigenvalue weighted by molar-refractivity contribution is -0.137. The average Bonchev–Trinajstić information content (AvgIpc) is 3.22. The van der Waals surface area contributed by atoms with Crippen LogP contribution in [0, 0.1) is 5.92 Å². The Morgan fingerprint density at radius 3 is 2.42 bits per heavy atom. The standard InChI is InChI=1S/C31H33NO4/c1-21(2)18-23-14-16-24(17-15-23)22(3)36-27-10-6-8-25(19-27)31(35)32-20-26(9-7-13-30(33)34)28-11-4-5-12-29(28)32/h4-6,8,10-12,14-17,19-22H,7,9,13,18H2,1-3H3,(H,33,34). The number of para-hydroxylation sites is 1. The number of carbonyl (C=O) groups excluding carboxylic acids is 1. The number of ether oxygens (including phenoxy) is 1. The lowest BCUT2D eigenvalue weighted by Crippen LogP contribution is -2.11. The summed E-state index contributed by atoms with van der Waals surface area (Å²) in [5.41, 5.74) is 4.72. The summed E-state index contributed by atoms with van der Waals surface area (Å²) < 4.78 is 7.85. The Labute approximate surface area is 212 Å². The van der Waals surface area contributed by atoms with E-state index in [0.717, 1.165) is 28.5 Å². The number of fused-ring (bicyclic) bond motifs is 1. The van der Waals surface area contributed by atoms with Crippen molar-refractivity contribution in [3.05, 3.63) is 101 Å². The number of benzene rings is 3. The third-order valence-corrected chi connectivity index (χ3v) is 6.34. The second-order valence-electron chi connectivity index (χ2n) is 9.72. The van der Waals surface area contributed by atoms with Crippen LogP contribution in [-0.2, 0) is 17.6 Å². The largest absolute Gasteiger partial charge is 0.486 e. The van der Waals surface area contributed by atoms with Crippen LogP contribution in [0.4, 0.5) is 0 Å². The maximum absolute atomic E-state index is 13.5. The van der Waals surface area contributed by atoms with Crippen LogP contribution in [0.15, 0.2) is 79.0 Å². The molecule has 0 aliphatic carbocycles. The zero-order valence-electron chi connectivity index (χ0n) is 21.1. The fourth-order valence-electron chi connectivity index (χ4n) is 4.56. The highest BCUT2D eigenvalue weighted by Crippen LogP contribution is 2.27. The first-order valence-corrected chi connectivity index (χ1v) is 12.5. The van der Waals surface area contributed by atoms with Crippen molar-refractivity contribution < 1.29 is 19.4 Å². The van der Waals surface area contributed by atoms with Gasteiger partial charge in [-0.2, -0.15) is 0 Å². The molecule has 4 aromatic rings. The summed E-state index contributed by atoms with van der Waals surface area (Å²) in [6.45, 7) is 6.43.